The summed E-state index contributed by atoms with van der Waals surface area (Å²) in [5.41, 5.74) is 0.640. The lowest BCUT2D eigenvalue weighted by Crippen LogP contribution is -2.41. The Labute approximate surface area is 161 Å². The SMILES string of the molecule is CC(OC(=O)CC1Sc2ccc(Cl)cc2NC1=O)C(=O)NC1CCCC1. The minimum absolute atomic E-state index is 0.0976. The third kappa shape index (κ3) is 4.71. The summed E-state index contributed by atoms with van der Waals surface area (Å²) in [4.78, 5) is 37.3. The maximum absolute atomic E-state index is 12.2. The highest BCUT2D eigenvalue weighted by molar-refractivity contribution is 8.01. The normalized spacial score (nSPS) is 20.8. The third-order valence-corrected chi connectivity index (χ3v) is 6.00. The van der Waals surface area contributed by atoms with Gasteiger partial charge in [0.1, 0.15) is 0 Å². The molecule has 1 aromatic carbocycles. The number of halogens is 1. The molecular weight excluding hydrogens is 376 g/mol. The van der Waals surface area contributed by atoms with Crippen molar-refractivity contribution < 1.29 is 19.1 Å². The fourth-order valence-corrected chi connectivity index (χ4v) is 4.34. The monoisotopic (exact) mass is 396 g/mol. The van der Waals surface area contributed by atoms with E-state index in [0.29, 0.717) is 10.7 Å². The zero-order chi connectivity index (χ0) is 18.7. The van der Waals surface area contributed by atoms with Crippen LogP contribution in [0.15, 0.2) is 23.1 Å². The number of benzene rings is 1. The van der Waals surface area contributed by atoms with Crippen LogP contribution in [0, 0.1) is 0 Å². The molecule has 2 N–H and O–H groups in total. The molecule has 1 aromatic rings. The summed E-state index contributed by atoms with van der Waals surface area (Å²) in [5, 5.41) is 5.59. The molecule has 6 nitrogen and oxygen atoms in total. The molecule has 1 heterocycles. The Hall–Kier alpha value is -1.73. The van der Waals surface area contributed by atoms with Gasteiger partial charge in [-0.05, 0) is 38.0 Å². The number of amides is 2. The van der Waals surface area contributed by atoms with Crippen molar-refractivity contribution in [1.82, 2.24) is 5.32 Å². The Kier molecular flexibility index (Phi) is 6.09. The Balaban J connectivity index is 1.51. The van der Waals surface area contributed by atoms with Gasteiger partial charge in [0.05, 0.1) is 17.4 Å². The number of rotatable bonds is 5. The summed E-state index contributed by atoms with van der Waals surface area (Å²) in [7, 11) is 0. The van der Waals surface area contributed by atoms with Crippen LogP contribution in [0.4, 0.5) is 5.69 Å². The molecule has 1 aliphatic heterocycles. The number of anilines is 1. The Morgan fingerprint density at radius 1 is 1.38 bits per heavy atom. The fourth-order valence-electron chi connectivity index (χ4n) is 3.10. The minimum Gasteiger partial charge on any atom is -0.453 e. The predicted octanol–water partition coefficient (Wildman–Crippen LogP) is 3.13. The van der Waals surface area contributed by atoms with Crippen molar-refractivity contribution >= 4 is 46.8 Å². The summed E-state index contributed by atoms with van der Waals surface area (Å²) in [5.74, 6) is -1.13. The maximum Gasteiger partial charge on any atom is 0.308 e. The number of esters is 1. The molecule has 140 valence electrons. The predicted molar refractivity (Wildman–Crippen MR) is 100 cm³/mol. The van der Waals surface area contributed by atoms with Gasteiger partial charge < -0.3 is 15.4 Å². The summed E-state index contributed by atoms with van der Waals surface area (Å²) in [6.45, 7) is 1.55. The first-order chi connectivity index (χ1) is 12.4. The molecule has 0 bridgehead atoms. The first-order valence-corrected chi connectivity index (χ1v) is 9.95. The highest BCUT2D eigenvalue weighted by atomic mass is 35.5. The van der Waals surface area contributed by atoms with Crippen LogP contribution < -0.4 is 10.6 Å². The number of fused-ring (bicyclic) bond motifs is 1. The first kappa shape index (κ1) is 19.0. The molecule has 0 saturated heterocycles. The van der Waals surface area contributed by atoms with Gasteiger partial charge in [0.2, 0.25) is 5.91 Å². The van der Waals surface area contributed by atoms with Crippen molar-refractivity contribution in [3.63, 3.8) is 0 Å². The summed E-state index contributed by atoms with van der Waals surface area (Å²) >= 11 is 7.21. The van der Waals surface area contributed by atoms with Gasteiger partial charge in [0.15, 0.2) is 6.10 Å². The number of ether oxygens (including phenoxy) is 1. The highest BCUT2D eigenvalue weighted by Gasteiger charge is 2.31. The largest absolute Gasteiger partial charge is 0.453 e. The van der Waals surface area contributed by atoms with E-state index < -0.39 is 17.3 Å². The van der Waals surface area contributed by atoms with E-state index in [0.717, 1.165) is 30.6 Å². The molecule has 1 aliphatic carbocycles. The molecule has 0 spiro atoms. The minimum atomic E-state index is -0.870. The van der Waals surface area contributed by atoms with E-state index in [-0.39, 0.29) is 24.3 Å². The molecule has 1 fully saturated rings. The van der Waals surface area contributed by atoms with Crippen molar-refractivity contribution in [3.8, 4) is 0 Å². The van der Waals surface area contributed by atoms with E-state index in [2.05, 4.69) is 10.6 Å². The zero-order valence-electron chi connectivity index (χ0n) is 14.4. The first-order valence-electron chi connectivity index (χ1n) is 8.69. The van der Waals surface area contributed by atoms with Crippen LogP contribution in [-0.4, -0.2) is 35.2 Å². The van der Waals surface area contributed by atoms with Crippen LogP contribution in [-0.2, 0) is 19.1 Å². The second-order valence-electron chi connectivity index (χ2n) is 6.56. The molecule has 3 rings (SSSR count). The van der Waals surface area contributed by atoms with Gasteiger partial charge in [0.25, 0.3) is 5.91 Å². The van der Waals surface area contributed by atoms with Crippen LogP contribution >= 0.6 is 23.4 Å². The molecule has 0 radical (unpaired) electrons. The van der Waals surface area contributed by atoms with E-state index in [1.165, 1.54) is 11.8 Å². The van der Waals surface area contributed by atoms with Gasteiger partial charge in [-0.1, -0.05) is 24.4 Å². The van der Waals surface area contributed by atoms with Crippen LogP contribution in [0.2, 0.25) is 5.02 Å². The van der Waals surface area contributed by atoms with E-state index in [1.807, 2.05) is 0 Å². The van der Waals surface area contributed by atoms with Crippen LogP contribution in [0.25, 0.3) is 0 Å². The van der Waals surface area contributed by atoms with Crippen molar-refractivity contribution in [1.29, 1.82) is 0 Å². The Morgan fingerprint density at radius 2 is 2.12 bits per heavy atom. The van der Waals surface area contributed by atoms with Crippen molar-refractivity contribution in [2.75, 3.05) is 5.32 Å². The lowest BCUT2D eigenvalue weighted by molar-refractivity contribution is -0.155. The van der Waals surface area contributed by atoms with Gasteiger partial charge in [-0.25, -0.2) is 0 Å². The molecular formula is C18H21ClN2O4S. The fraction of sp³-hybridized carbons (Fsp3) is 0.500. The Bertz CT molecular complexity index is 721. The third-order valence-electron chi connectivity index (χ3n) is 4.49. The standard InChI is InChI=1S/C18H21ClN2O4S/c1-10(17(23)20-12-4-2-3-5-12)25-16(22)9-15-18(24)21-13-8-11(19)6-7-14(13)26-15/h6-8,10,12,15H,2-5,9H2,1H3,(H,20,23)(H,21,24). The lowest BCUT2D eigenvalue weighted by Gasteiger charge is -2.24. The van der Waals surface area contributed by atoms with Crippen LogP contribution in [0.5, 0.6) is 0 Å². The number of hydrogen-bond donors (Lipinski definition) is 2. The van der Waals surface area contributed by atoms with Crippen LogP contribution in [0.1, 0.15) is 39.0 Å². The average molecular weight is 397 g/mol. The van der Waals surface area contributed by atoms with Gasteiger partial charge in [-0.3, -0.25) is 14.4 Å². The van der Waals surface area contributed by atoms with E-state index >= 15 is 0 Å². The summed E-state index contributed by atoms with van der Waals surface area (Å²) in [6.07, 6.45) is 3.19. The second-order valence-corrected chi connectivity index (χ2v) is 8.24. The second kappa shape index (κ2) is 8.31. The van der Waals surface area contributed by atoms with Gasteiger partial charge in [-0.15, -0.1) is 11.8 Å². The molecule has 2 amide bonds. The van der Waals surface area contributed by atoms with Crippen molar-refractivity contribution in [2.45, 2.75) is 61.3 Å². The maximum atomic E-state index is 12.2. The van der Waals surface area contributed by atoms with Gasteiger partial charge >= 0.3 is 5.97 Å². The molecule has 0 aromatic heterocycles. The Morgan fingerprint density at radius 3 is 2.85 bits per heavy atom. The molecule has 2 atom stereocenters. The summed E-state index contributed by atoms with van der Waals surface area (Å²) in [6, 6.07) is 5.38. The van der Waals surface area contributed by atoms with E-state index in [9.17, 15) is 14.4 Å². The molecule has 1 saturated carbocycles. The number of carbonyl (C=O) groups excluding carboxylic acids is 3. The van der Waals surface area contributed by atoms with E-state index in [1.54, 1.807) is 25.1 Å². The van der Waals surface area contributed by atoms with Crippen LogP contribution in [0.3, 0.4) is 0 Å². The quantitative estimate of drug-likeness (QED) is 0.747. The average Bonchev–Trinajstić information content (AvgIpc) is 3.08. The topological polar surface area (TPSA) is 84.5 Å². The molecule has 26 heavy (non-hydrogen) atoms. The molecule has 2 aliphatic rings. The lowest BCUT2D eigenvalue weighted by atomic mass is 10.2. The molecule has 2 unspecified atom stereocenters. The highest BCUT2D eigenvalue weighted by Crippen LogP contribution is 2.38. The van der Waals surface area contributed by atoms with Crippen molar-refractivity contribution in [2.24, 2.45) is 0 Å². The smallest absolute Gasteiger partial charge is 0.308 e. The number of carbonyl (C=O) groups is 3. The van der Waals surface area contributed by atoms with E-state index in [4.69, 9.17) is 16.3 Å². The molecule has 8 heteroatoms. The number of hydrogen-bond acceptors (Lipinski definition) is 5. The zero-order valence-corrected chi connectivity index (χ0v) is 16.0. The summed E-state index contributed by atoms with van der Waals surface area (Å²) < 4.78 is 5.22. The van der Waals surface area contributed by atoms with Gasteiger partial charge in [-0.2, -0.15) is 0 Å². The number of nitrogens with one attached hydrogen (secondary N) is 2. The van der Waals surface area contributed by atoms with Crippen molar-refractivity contribution in [3.05, 3.63) is 23.2 Å². The number of thioether (sulfide) groups is 1. The van der Waals surface area contributed by atoms with Gasteiger partial charge in [0, 0.05) is 16.0 Å².